The van der Waals surface area contributed by atoms with Gasteiger partial charge in [-0.3, -0.25) is 4.79 Å². The number of aliphatic hydroxyl groups is 1. The highest BCUT2D eigenvalue weighted by Crippen LogP contribution is 2.27. The van der Waals surface area contributed by atoms with Crippen molar-refractivity contribution < 1.29 is 9.90 Å². The Labute approximate surface area is 129 Å². The van der Waals surface area contributed by atoms with Crippen molar-refractivity contribution in [2.45, 2.75) is 25.9 Å². The molecular weight excluding hydrogens is 286 g/mol. The number of aryl methyl sites for hydroxylation is 1. The maximum atomic E-state index is 12.1. The number of hydrogen-bond donors (Lipinski definition) is 2. The van der Waals surface area contributed by atoms with E-state index in [0.29, 0.717) is 16.3 Å². The molecule has 0 heterocycles. The van der Waals surface area contributed by atoms with Gasteiger partial charge in [-0.25, -0.2) is 0 Å². The molecule has 1 amide bonds. The van der Waals surface area contributed by atoms with Crippen LogP contribution in [0.5, 0.6) is 0 Å². The fourth-order valence-corrected chi connectivity index (χ4v) is 2.31. The van der Waals surface area contributed by atoms with Crippen LogP contribution in [0.2, 0.25) is 5.02 Å². The molecule has 2 N–H and O–H groups in total. The molecule has 0 saturated carbocycles. The van der Waals surface area contributed by atoms with E-state index in [2.05, 4.69) is 5.32 Å². The van der Waals surface area contributed by atoms with E-state index in [1.54, 1.807) is 31.2 Å². The van der Waals surface area contributed by atoms with Gasteiger partial charge < -0.3 is 10.4 Å². The lowest BCUT2D eigenvalue weighted by Crippen LogP contribution is -2.28. The van der Waals surface area contributed by atoms with Crippen LogP contribution in [0.3, 0.4) is 0 Å². The zero-order valence-corrected chi connectivity index (χ0v) is 12.8. The lowest BCUT2D eigenvalue weighted by Gasteiger charge is -2.23. The van der Waals surface area contributed by atoms with Crippen molar-refractivity contribution in [3.05, 3.63) is 64.7 Å². The summed E-state index contributed by atoms with van der Waals surface area (Å²) in [4.78, 5) is 12.1. The molecule has 0 radical (unpaired) electrons. The molecule has 0 aliphatic rings. The number of benzene rings is 2. The summed E-state index contributed by atoms with van der Waals surface area (Å²) in [5.41, 5.74) is 1.05. The summed E-state index contributed by atoms with van der Waals surface area (Å²) in [5.74, 6) is -0.281. The van der Waals surface area contributed by atoms with Gasteiger partial charge in [0.25, 0.3) is 0 Å². The Kier molecular flexibility index (Phi) is 4.66. The Morgan fingerprint density at radius 2 is 1.90 bits per heavy atom. The van der Waals surface area contributed by atoms with E-state index in [0.717, 1.165) is 5.56 Å². The van der Waals surface area contributed by atoms with Gasteiger partial charge in [0.05, 0.1) is 22.7 Å². The molecule has 0 saturated heterocycles. The van der Waals surface area contributed by atoms with Gasteiger partial charge in [0, 0.05) is 0 Å². The standard InChI is InChI=1S/C17H18ClNO2/c1-12-8-9-14(18)15(10-12)19-16(20)11-17(2,21)13-6-4-3-5-7-13/h3-10,21H,11H2,1-2H3,(H,19,20). The number of hydrogen-bond acceptors (Lipinski definition) is 2. The van der Waals surface area contributed by atoms with Crippen molar-refractivity contribution in [3.63, 3.8) is 0 Å². The van der Waals surface area contributed by atoms with E-state index in [9.17, 15) is 9.90 Å². The summed E-state index contributed by atoms with van der Waals surface area (Å²) < 4.78 is 0. The number of nitrogens with one attached hydrogen (secondary N) is 1. The molecule has 4 heteroatoms. The van der Waals surface area contributed by atoms with Gasteiger partial charge in [0.2, 0.25) is 5.91 Å². The Morgan fingerprint density at radius 1 is 1.24 bits per heavy atom. The van der Waals surface area contributed by atoms with Crippen LogP contribution in [0.4, 0.5) is 5.69 Å². The average molecular weight is 304 g/mol. The maximum absolute atomic E-state index is 12.1. The molecule has 1 atom stereocenters. The molecule has 0 aliphatic carbocycles. The molecule has 0 aliphatic heterocycles. The van der Waals surface area contributed by atoms with Crippen LogP contribution < -0.4 is 5.32 Å². The molecule has 110 valence electrons. The normalized spacial score (nSPS) is 13.5. The number of amides is 1. The van der Waals surface area contributed by atoms with Gasteiger partial charge in [-0.1, -0.05) is 48.0 Å². The third-order valence-electron chi connectivity index (χ3n) is 3.30. The first kappa shape index (κ1) is 15.5. The van der Waals surface area contributed by atoms with Crippen LogP contribution in [-0.4, -0.2) is 11.0 Å². The predicted molar refractivity (Wildman–Crippen MR) is 85.4 cm³/mol. The zero-order valence-electron chi connectivity index (χ0n) is 12.1. The lowest BCUT2D eigenvalue weighted by molar-refractivity contribution is -0.120. The van der Waals surface area contributed by atoms with Crippen LogP contribution in [0, 0.1) is 6.92 Å². The van der Waals surface area contributed by atoms with Crippen LogP contribution in [0.1, 0.15) is 24.5 Å². The van der Waals surface area contributed by atoms with E-state index in [1.807, 2.05) is 31.2 Å². The first-order valence-electron chi connectivity index (χ1n) is 6.72. The smallest absolute Gasteiger partial charge is 0.227 e. The Hall–Kier alpha value is -1.84. The molecule has 0 spiro atoms. The highest BCUT2D eigenvalue weighted by molar-refractivity contribution is 6.33. The maximum Gasteiger partial charge on any atom is 0.227 e. The molecule has 2 aromatic carbocycles. The minimum atomic E-state index is -1.22. The molecule has 2 aromatic rings. The minimum Gasteiger partial charge on any atom is -0.385 e. The lowest BCUT2D eigenvalue weighted by atomic mass is 9.92. The first-order valence-corrected chi connectivity index (χ1v) is 7.10. The Balaban J connectivity index is 2.09. The number of anilines is 1. The Morgan fingerprint density at radius 3 is 2.57 bits per heavy atom. The molecule has 1 unspecified atom stereocenters. The molecule has 0 fully saturated rings. The van der Waals surface area contributed by atoms with Crippen molar-refractivity contribution in [1.82, 2.24) is 0 Å². The summed E-state index contributed by atoms with van der Waals surface area (Å²) in [6.45, 7) is 3.55. The van der Waals surface area contributed by atoms with E-state index in [-0.39, 0.29) is 12.3 Å². The van der Waals surface area contributed by atoms with Crippen molar-refractivity contribution in [1.29, 1.82) is 0 Å². The third kappa shape index (κ3) is 4.06. The first-order chi connectivity index (χ1) is 9.88. The van der Waals surface area contributed by atoms with Crippen molar-refractivity contribution >= 4 is 23.2 Å². The third-order valence-corrected chi connectivity index (χ3v) is 3.63. The van der Waals surface area contributed by atoms with Crippen LogP contribution in [-0.2, 0) is 10.4 Å². The molecule has 3 nitrogen and oxygen atoms in total. The van der Waals surface area contributed by atoms with E-state index in [4.69, 9.17) is 11.6 Å². The van der Waals surface area contributed by atoms with E-state index >= 15 is 0 Å². The summed E-state index contributed by atoms with van der Waals surface area (Å²) in [7, 11) is 0. The Bertz CT molecular complexity index is 638. The number of rotatable bonds is 4. The highest BCUT2D eigenvalue weighted by Gasteiger charge is 2.26. The minimum absolute atomic E-state index is 0.0404. The average Bonchev–Trinajstić information content (AvgIpc) is 2.43. The molecular formula is C17H18ClNO2. The molecule has 21 heavy (non-hydrogen) atoms. The van der Waals surface area contributed by atoms with Gasteiger partial charge in [-0.2, -0.15) is 0 Å². The zero-order chi connectivity index (χ0) is 15.5. The quantitative estimate of drug-likeness (QED) is 0.900. The van der Waals surface area contributed by atoms with Crippen LogP contribution in [0.25, 0.3) is 0 Å². The van der Waals surface area contributed by atoms with Crippen molar-refractivity contribution in [2.75, 3.05) is 5.32 Å². The monoisotopic (exact) mass is 303 g/mol. The second-order valence-corrected chi connectivity index (χ2v) is 5.76. The summed E-state index contributed by atoms with van der Waals surface area (Å²) >= 11 is 6.05. The second-order valence-electron chi connectivity index (χ2n) is 5.35. The van der Waals surface area contributed by atoms with Crippen LogP contribution in [0.15, 0.2) is 48.5 Å². The fourth-order valence-electron chi connectivity index (χ4n) is 2.14. The van der Waals surface area contributed by atoms with Crippen molar-refractivity contribution in [2.24, 2.45) is 0 Å². The van der Waals surface area contributed by atoms with Gasteiger partial charge in [-0.15, -0.1) is 0 Å². The van der Waals surface area contributed by atoms with Crippen molar-refractivity contribution in [3.8, 4) is 0 Å². The van der Waals surface area contributed by atoms with Gasteiger partial charge in [0.1, 0.15) is 0 Å². The number of carbonyl (C=O) groups excluding carboxylic acids is 1. The SMILES string of the molecule is Cc1ccc(Cl)c(NC(=O)CC(C)(O)c2ccccc2)c1. The van der Waals surface area contributed by atoms with E-state index in [1.165, 1.54) is 0 Å². The summed E-state index contributed by atoms with van der Waals surface area (Å²) in [5, 5.41) is 13.7. The van der Waals surface area contributed by atoms with Gasteiger partial charge >= 0.3 is 0 Å². The summed E-state index contributed by atoms with van der Waals surface area (Å²) in [6, 6.07) is 14.5. The number of carbonyl (C=O) groups is 1. The van der Waals surface area contributed by atoms with Gasteiger partial charge in [-0.05, 0) is 37.1 Å². The van der Waals surface area contributed by atoms with Crippen LogP contribution >= 0.6 is 11.6 Å². The largest absolute Gasteiger partial charge is 0.385 e. The molecule has 0 aromatic heterocycles. The molecule has 2 rings (SSSR count). The second kappa shape index (κ2) is 6.29. The topological polar surface area (TPSA) is 49.3 Å². The number of halogens is 1. The summed E-state index contributed by atoms with van der Waals surface area (Å²) in [6.07, 6.45) is -0.0404. The van der Waals surface area contributed by atoms with E-state index < -0.39 is 5.60 Å². The van der Waals surface area contributed by atoms with Gasteiger partial charge in [0.15, 0.2) is 0 Å². The fraction of sp³-hybridized carbons (Fsp3) is 0.235. The molecule has 0 bridgehead atoms. The highest BCUT2D eigenvalue weighted by atomic mass is 35.5. The predicted octanol–water partition coefficient (Wildman–Crippen LogP) is 3.88.